The Morgan fingerprint density at radius 2 is 2.11 bits per heavy atom. The first-order valence-electron chi connectivity index (χ1n) is 6.22. The van der Waals surface area contributed by atoms with Crippen molar-refractivity contribution < 1.29 is 4.74 Å². The molecule has 0 spiro atoms. The number of hydrogen-bond acceptors (Lipinski definition) is 3. The maximum absolute atomic E-state index is 5.23. The Kier molecular flexibility index (Phi) is 4.26. The zero-order chi connectivity index (χ0) is 13.0. The van der Waals surface area contributed by atoms with Crippen LogP contribution >= 0.6 is 11.3 Å². The third-order valence-corrected chi connectivity index (χ3v) is 4.32. The zero-order valence-electron chi connectivity index (χ0n) is 11.1. The molecule has 0 aliphatic heterocycles. The Morgan fingerprint density at radius 1 is 1.28 bits per heavy atom. The number of ether oxygens (including phenoxy) is 1. The fourth-order valence-corrected chi connectivity index (χ4v) is 2.81. The van der Waals surface area contributed by atoms with E-state index in [0.29, 0.717) is 6.04 Å². The van der Waals surface area contributed by atoms with Crippen molar-refractivity contribution in [3.8, 4) is 5.75 Å². The van der Waals surface area contributed by atoms with Crippen molar-refractivity contribution in [2.24, 2.45) is 0 Å². The lowest BCUT2D eigenvalue weighted by atomic mass is 10.2. The van der Waals surface area contributed by atoms with Gasteiger partial charge in [-0.25, -0.2) is 0 Å². The van der Waals surface area contributed by atoms with Crippen LogP contribution in [0.1, 0.15) is 29.6 Å². The van der Waals surface area contributed by atoms with E-state index >= 15 is 0 Å². The summed E-state index contributed by atoms with van der Waals surface area (Å²) in [5.74, 6) is 0.882. The molecule has 2 rings (SSSR count). The molecule has 0 aliphatic rings. The molecule has 0 saturated heterocycles. The van der Waals surface area contributed by atoms with Gasteiger partial charge in [-0.15, -0.1) is 11.3 Å². The molecule has 1 aromatic heterocycles. The second-order valence-corrected chi connectivity index (χ2v) is 5.46. The average molecular weight is 261 g/mol. The summed E-state index contributed by atoms with van der Waals surface area (Å²) < 4.78 is 5.23. The number of anilines is 1. The summed E-state index contributed by atoms with van der Waals surface area (Å²) in [6, 6.07) is 12.8. The van der Waals surface area contributed by atoms with E-state index in [1.165, 1.54) is 9.75 Å². The number of methoxy groups -OCH3 is 1. The summed E-state index contributed by atoms with van der Waals surface area (Å²) in [6.45, 7) is 4.38. The molecular formula is C15H19NOS. The van der Waals surface area contributed by atoms with Gasteiger partial charge >= 0.3 is 0 Å². The Morgan fingerprint density at radius 3 is 2.78 bits per heavy atom. The summed E-state index contributed by atoms with van der Waals surface area (Å²) in [5.41, 5.74) is 1.09. The molecular weight excluding hydrogens is 242 g/mol. The van der Waals surface area contributed by atoms with E-state index in [9.17, 15) is 0 Å². The first-order chi connectivity index (χ1) is 8.72. The van der Waals surface area contributed by atoms with E-state index in [2.05, 4.69) is 37.4 Å². The minimum atomic E-state index is 0.322. The summed E-state index contributed by atoms with van der Waals surface area (Å²) in [5, 5.41) is 3.50. The van der Waals surface area contributed by atoms with Crippen molar-refractivity contribution in [1.29, 1.82) is 0 Å². The Labute approximate surface area is 113 Å². The third-order valence-electron chi connectivity index (χ3n) is 2.91. The lowest BCUT2D eigenvalue weighted by Gasteiger charge is -2.14. The molecule has 0 aliphatic carbocycles. The first kappa shape index (κ1) is 13.0. The van der Waals surface area contributed by atoms with Gasteiger partial charge in [0.1, 0.15) is 5.75 Å². The van der Waals surface area contributed by atoms with Crippen LogP contribution in [-0.2, 0) is 6.42 Å². The van der Waals surface area contributed by atoms with Gasteiger partial charge in [0.05, 0.1) is 13.2 Å². The molecule has 1 N–H and O–H groups in total. The van der Waals surface area contributed by atoms with Crippen LogP contribution in [0.4, 0.5) is 5.69 Å². The van der Waals surface area contributed by atoms with E-state index in [0.717, 1.165) is 17.9 Å². The molecule has 1 atom stereocenters. The standard InChI is InChI=1S/C15H19NOS/c1-4-14-8-9-15(18-14)11(2)16-12-6-5-7-13(10-12)17-3/h5-11,16H,4H2,1-3H3. The summed E-state index contributed by atoms with van der Waals surface area (Å²) in [7, 11) is 1.69. The minimum absolute atomic E-state index is 0.322. The maximum atomic E-state index is 5.23. The van der Waals surface area contributed by atoms with Crippen LogP contribution in [0.2, 0.25) is 0 Å². The van der Waals surface area contributed by atoms with E-state index in [4.69, 9.17) is 4.74 Å². The molecule has 2 nitrogen and oxygen atoms in total. The molecule has 96 valence electrons. The normalized spacial score (nSPS) is 12.2. The number of nitrogens with one attached hydrogen (secondary N) is 1. The Hall–Kier alpha value is -1.48. The number of aryl methyl sites for hydroxylation is 1. The predicted molar refractivity (Wildman–Crippen MR) is 78.7 cm³/mol. The summed E-state index contributed by atoms with van der Waals surface area (Å²) >= 11 is 1.88. The molecule has 18 heavy (non-hydrogen) atoms. The van der Waals surface area contributed by atoms with Gasteiger partial charge in [0.25, 0.3) is 0 Å². The van der Waals surface area contributed by atoms with Crippen molar-refractivity contribution in [1.82, 2.24) is 0 Å². The highest BCUT2D eigenvalue weighted by molar-refractivity contribution is 7.12. The van der Waals surface area contributed by atoms with E-state index in [1.807, 2.05) is 29.5 Å². The van der Waals surface area contributed by atoms with E-state index in [-0.39, 0.29) is 0 Å². The molecule has 0 saturated carbocycles. The smallest absolute Gasteiger partial charge is 0.120 e. The quantitative estimate of drug-likeness (QED) is 0.856. The molecule has 0 amide bonds. The lowest BCUT2D eigenvalue weighted by molar-refractivity contribution is 0.415. The van der Waals surface area contributed by atoms with Crippen molar-refractivity contribution in [2.75, 3.05) is 12.4 Å². The van der Waals surface area contributed by atoms with Gasteiger partial charge in [0, 0.05) is 21.5 Å². The molecule has 3 heteroatoms. The van der Waals surface area contributed by atoms with E-state index < -0.39 is 0 Å². The van der Waals surface area contributed by atoms with Crippen LogP contribution < -0.4 is 10.1 Å². The Bertz CT molecular complexity index is 507. The van der Waals surface area contributed by atoms with Crippen LogP contribution in [0.25, 0.3) is 0 Å². The van der Waals surface area contributed by atoms with Crippen molar-refractivity contribution in [3.05, 3.63) is 46.2 Å². The molecule has 1 aromatic carbocycles. The van der Waals surface area contributed by atoms with Crippen molar-refractivity contribution in [3.63, 3.8) is 0 Å². The highest BCUT2D eigenvalue weighted by atomic mass is 32.1. The molecule has 0 fully saturated rings. The van der Waals surface area contributed by atoms with Gasteiger partial charge in [0.15, 0.2) is 0 Å². The van der Waals surface area contributed by atoms with Crippen LogP contribution in [-0.4, -0.2) is 7.11 Å². The summed E-state index contributed by atoms with van der Waals surface area (Å²) in [6.07, 6.45) is 1.11. The van der Waals surface area contributed by atoms with Gasteiger partial charge < -0.3 is 10.1 Å². The fourth-order valence-electron chi connectivity index (χ4n) is 1.85. The zero-order valence-corrected chi connectivity index (χ0v) is 11.9. The predicted octanol–water partition coefficient (Wildman–Crippen LogP) is 4.49. The largest absolute Gasteiger partial charge is 0.497 e. The fraction of sp³-hybridized carbons (Fsp3) is 0.333. The number of thiophene rings is 1. The molecule has 1 unspecified atom stereocenters. The van der Waals surface area contributed by atoms with Crippen molar-refractivity contribution >= 4 is 17.0 Å². The third kappa shape index (κ3) is 3.05. The van der Waals surface area contributed by atoms with E-state index in [1.54, 1.807) is 7.11 Å². The average Bonchev–Trinajstić information content (AvgIpc) is 2.88. The topological polar surface area (TPSA) is 21.3 Å². The maximum Gasteiger partial charge on any atom is 0.120 e. The number of rotatable bonds is 5. The molecule has 2 aromatic rings. The van der Waals surface area contributed by atoms with Gasteiger partial charge in [-0.05, 0) is 37.6 Å². The van der Waals surface area contributed by atoms with Gasteiger partial charge in [-0.1, -0.05) is 13.0 Å². The second-order valence-electron chi connectivity index (χ2n) is 4.26. The van der Waals surface area contributed by atoms with Crippen LogP contribution in [0.5, 0.6) is 5.75 Å². The SMILES string of the molecule is CCc1ccc(C(C)Nc2cccc(OC)c2)s1. The number of benzene rings is 1. The van der Waals surface area contributed by atoms with Gasteiger partial charge in [-0.3, -0.25) is 0 Å². The van der Waals surface area contributed by atoms with Crippen LogP contribution in [0.3, 0.4) is 0 Å². The molecule has 0 radical (unpaired) electrons. The highest BCUT2D eigenvalue weighted by Crippen LogP contribution is 2.27. The molecule has 1 heterocycles. The minimum Gasteiger partial charge on any atom is -0.497 e. The highest BCUT2D eigenvalue weighted by Gasteiger charge is 2.08. The Balaban J connectivity index is 2.08. The molecule has 0 bridgehead atoms. The first-order valence-corrected chi connectivity index (χ1v) is 7.03. The van der Waals surface area contributed by atoms with Crippen LogP contribution in [0, 0.1) is 0 Å². The van der Waals surface area contributed by atoms with Crippen molar-refractivity contribution in [2.45, 2.75) is 26.3 Å². The second kappa shape index (κ2) is 5.91. The monoisotopic (exact) mass is 261 g/mol. The lowest BCUT2D eigenvalue weighted by Crippen LogP contribution is -2.04. The number of hydrogen-bond donors (Lipinski definition) is 1. The van der Waals surface area contributed by atoms with Gasteiger partial charge in [-0.2, -0.15) is 0 Å². The van der Waals surface area contributed by atoms with Crippen LogP contribution in [0.15, 0.2) is 36.4 Å². The summed E-state index contributed by atoms with van der Waals surface area (Å²) in [4.78, 5) is 2.80. The van der Waals surface area contributed by atoms with Gasteiger partial charge in [0.2, 0.25) is 0 Å².